The van der Waals surface area contributed by atoms with Crippen molar-refractivity contribution in [3.05, 3.63) is 41.3 Å². The summed E-state index contributed by atoms with van der Waals surface area (Å²) in [6.07, 6.45) is 7.17. The minimum atomic E-state index is 0.0149. The van der Waals surface area contributed by atoms with Crippen LogP contribution in [0.4, 0.5) is 0 Å². The molecule has 23 heavy (non-hydrogen) atoms. The highest BCUT2D eigenvalue weighted by molar-refractivity contribution is 5.96. The van der Waals surface area contributed by atoms with Gasteiger partial charge >= 0.3 is 0 Å². The Kier molecular flexibility index (Phi) is 4.41. The number of carbonyl (C=O) groups excluding carboxylic acids is 1. The van der Waals surface area contributed by atoms with Crippen molar-refractivity contribution < 1.29 is 9.32 Å². The van der Waals surface area contributed by atoms with Gasteiger partial charge in [0.15, 0.2) is 0 Å². The molecule has 0 aliphatic carbocycles. The predicted octanol–water partition coefficient (Wildman–Crippen LogP) is 2.92. The third kappa shape index (κ3) is 3.11. The summed E-state index contributed by atoms with van der Waals surface area (Å²) in [4.78, 5) is 23.4. The number of amides is 1. The number of carbonyl (C=O) groups is 1. The van der Waals surface area contributed by atoms with E-state index in [-0.39, 0.29) is 17.7 Å². The second kappa shape index (κ2) is 6.48. The highest BCUT2D eigenvalue weighted by atomic mass is 16.5. The van der Waals surface area contributed by atoms with Gasteiger partial charge in [-0.2, -0.15) is 0 Å². The van der Waals surface area contributed by atoms with E-state index in [1.54, 1.807) is 25.5 Å². The van der Waals surface area contributed by atoms with Crippen molar-refractivity contribution in [3.8, 4) is 0 Å². The van der Waals surface area contributed by atoms with Crippen molar-refractivity contribution >= 4 is 5.91 Å². The van der Waals surface area contributed by atoms with Crippen LogP contribution in [0, 0.1) is 6.92 Å². The van der Waals surface area contributed by atoms with Gasteiger partial charge < -0.3 is 9.42 Å². The lowest BCUT2D eigenvalue weighted by Gasteiger charge is -2.32. The molecular formula is C17H22N4O2. The zero-order valence-electron chi connectivity index (χ0n) is 13.8. The van der Waals surface area contributed by atoms with Gasteiger partial charge in [0.25, 0.3) is 5.91 Å². The fourth-order valence-corrected chi connectivity index (χ4v) is 3.13. The van der Waals surface area contributed by atoms with E-state index < -0.39 is 0 Å². The number of aryl methyl sites for hydroxylation is 1. The SMILES string of the molecule is Cc1onc(C(C)C)c1C(=O)N1CCC[C@@H](c2cnccn2)C1. The summed E-state index contributed by atoms with van der Waals surface area (Å²) >= 11 is 0. The molecule has 1 fully saturated rings. The lowest BCUT2D eigenvalue weighted by atomic mass is 9.94. The minimum absolute atomic E-state index is 0.0149. The monoisotopic (exact) mass is 314 g/mol. The summed E-state index contributed by atoms with van der Waals surface area (Å²) in [5.74, 6) is 1.01. The molecule has 122 valence electrons. The number of hydrogen-bond donors (Lipinski definition) is 0. The Hall–Kier alpha value is -2.24. The van der Waals surface area contributed by atoms with Crippen molar-refractivity contribution in [1.82, 2.24) is 20.0 Å². The second-order valence-electron chi connectivity index (χ2n) is 6.37. The maximum Gasteiger partial charge on any atom is 0.259 e. The molecule has 6 heteroatoms. The van der Waals surface area contributed by atoms with Gasteiger partial charge in [0.1, 0.15) is 11.3 Å². The van der Waals surface area contributed by atoms with Crippen molar-refractivity contribution in [1.29, 1.82) is 0 Å². The Bertz CT molecular complexity index is 681. The first-order valence-electron chi connectivity index (χ1n) is 8.09. The molecule has 0 saturated carbocycles. The first-order valence-corrected chi connectivity index (χ1v) is 8.09. The van der Waals surface area contributed by atoms with Crippen LogP contribution in [0.25, 0.3) is 0 Å². The molecule has 3 rings (SSSR count). The quantitative estimate of drug-likeness (QED) is 0.871. The molecule has 1 atom stereocenters. The number of rotatable bonds is 3. The van der Waals surface area contributed by atoms with Crippen molar-refractivity contribution in [2.45, 2.75) is 45.4 Å². The lowest BCUT2D eigenvalue weighted by Crippen LogP contribution is -2.39. The van der Waals surface area contributed by atoms with E-state index >= 15 is 0 Å². The standard InChI is InChI=1S/C17H22N4O2/c1-11(2)16-15(12(3)23-20-16)17(22)21-8-4-5-13(10-21)14-9-18-6-7-19-14/h6-7,9,11,13H,4-5,8,10H2,1-3H3/t13-/m1/s1. The van der Waals surface area contributed by atoms with Gasteiger partial charge in [-0.05, 0) is 25.7 Å². The van der Waals surface area contributed by atoms with E-state index in [1.165, 1.54) is 0 Å². The Labute approximate surface area is 135 Å². The number of hydrogen-bond acceptors (Lipinski definition) is 5. The van der Waals surface area contributed by atoms with E-state index in [1.807, 2.05) is 18.7 Å². The lowest BCUT2D eigenvalue weighted by molar-refractivity contribution is 0.0702. The third-order valence-electron chi connectivity index (χ3n) is 4.36. The highest BCUT2D eigenvalue weighted by Crippen LogP contribution is 2.28. The van der Waals surface area contributed by atoms with Gasteiger partial charge in [0, 0.05) is 37.6 Å². The van der Waals surface area contributed by atoms with Crippen molar-refractivity contribution in [2.24, 2.45) is 0 Å². The molecule has 2 aromatic rings. The Balaban J connectivity index is 1.82. The smallest absolute Gasteiger partial charge is 0.259 e. The molecule has 0 unspecified atom stereocenters. The topological polar surface area (TPSA) is 72.1 Å². The van der Waals surface area contributed by atoms with Crippen LogP contribution in [0.3, 0.4) is 0 Å². The van der Waals surface area contributed by atoms with Crippen molar-refractivity contribution in [3.63, 3.8) is 0 Å². The van der Waals surface area contributed by atoms with Crippen LogP contribution in [-0.2, 0) is 0 Å². The van der Waals surface area contributed by atoms with Crippen LogP contribution in [0.15, 0.2) is 23.1 Å². The molecule has 3 heterocycles. The summed E-state index contributed by atoms with van der Waals surface area (Å²) in [5, 5.41) is 4.06. The predicted molar refractivity (Wildman–Crippen MR) is 85.2 cm³/mol. The maximum atomic E-state index is 13.0. The van der Waals surface area contributed by atoms with Gasteiger partial charge in [-0.1, -0.05) is 19.0 Å². The molecule has 1 saturated heterocycles. The molecule has 1 aliphatic heterocycles. The molecule has 0 N–H and O–H groups in total. The average Bonchev–Trinajstić information content (AvgIpc) is 2.97. The van der Waals surface area contributed by atoms with Crippen molar-refractivity contribution in [2.75, 3.05) is 13.1 Å². The first kappa shape index (κ1) is 15.6. The number of likely N-dealkylation sites (tertiary alicyclic amines) is 1. The molecule has 1 aliphatic rings. The maximum absolute atomic E-state index is 13.0. The molecule has 2 aromatic heterocycles. The summed E-state index contributed by atoms with van der Waals surface area (Å²) in [6.45, 7) is 7.27. The second-order valence-corrected chi connectivity index (χ2v) is 6.37. The zero-order chi connectivity index (χ0) is 16.4. The molecule has 0 aromatic carbocycles. The fraction of sp³-hybridized carbons (Fsp3) is 0.529. The minimum Gasteiger partial charge on any atom is -0.361 e. The molecule has 0 bridgehead atoms. The molecule has 0 radical (unpaired) electrons. The summed E-state index contributed by atoms with van der Waals surface area (Å²) in [6, 6.07) is 0. The van der Waals surface area contributed by atoms with Crippen LogP contribution >= 0.6 is 0 Å². The number of nitrogens with zero attached hydrogens (tertiary/aromatic N) is 4. The van der Waals surface area contributed by atoms with Gasteiger partial charge in [0.2, 0.25) is 0 Å². The van der Waals surface area contributed by atoms with Gasteiger partial charge in [0.05, 0.1) is 11.4 Å². The van der Waals surface area contributed by atoms with Gasteiger partial charge in [-0.3, -0.25) is 14.8 Å². The van der Waals surface area contributed by atoms with Crippen LogP contribution < -0.4 is 0 Å². The normalized spacial score (nSPS) is 18.4. The zero-order valence-corrected chi connectivity index (χ0v) is 13.8. The fourth-order valence-electron chi connectivity index (χ4n) is 3.13. The molecule has 1 amide bonds. The van der Waals surface area contributed by atoms with E-state index in [0.29, 0.717) is 17.9 Å². The van der Waals surface area contributed by atoms with Crippen LogP contribution in [0.2, 0.25) is 0 Å². The Morgan fingerprint density at radius 1 is 1.39 bits per heavy atom. The summed E-state index contributed by atoms with van der Waals surface area (Å²) < 4.78 is 5.26. The molecular weight excluding hydrogens is 292 g/mol. The number of piperidine rings is 1. The Morgan fingerprint density at radius 2 is 2.22 bits per heavy atom. The first-order chi connectivity index (χ1) is 11.1. The van der Waals surface area contributed by atoms with Crippen LogP contribution in [0.5, 0.6) is 0 Å². The van der Waals surface area contributed by atoms with Crippen LogP contribution in [-0.4, -0.2) is 39.0 Å². The van der Waals surface area contributed by atoms with Gasteiger partial charge in [-0.15, -0.1) is 0 Å². The van der Waals surface area contributed by atoms with E-state index in [9.17, 15) is 4.79 Å². The van der Waals surface area contributed by atoms with E-state index in [0.717, 1.165) is 30.8 Å². The molecule has 6 nitrogen and oxygen atoms in total. The third-order valence-corrected chi connectivity index (χ3v) is 4.36. The van der Waals surface area contributed by atoms with Crippen LogP contribution in [0.1, 0.15) is 66.0 Å². The summed E-state index contributed by atoms with van der Waals surface area (Å²) in [5.41, 5.74) is 2.32. The average molecular weight is 314 g/mol. The number of aromatic nitrogens is 3. The van der Waals surface area contributed by atoms with E-state index in [2.05, 4.69) is 15.1 Å². The largest absolute Gasteiger partial charge is 0.361 e. The van der Waals surface area contributed by atoms with E-state index in [4.69, 9.17) is 4.52 Å². The Morgan fingerprint density at radius 3 is 2.91 bits per heavy atom. The summed E-state index contributed by atoms with van der Waals surface area (Å²) in [7, 11) is 0. The highest BCUT2D eigenvalue weighted by Gasteiger charge is 2.31. The molecule has 0 spiro atoms. The van der Waals surface area contributed by atoms with Gasteiger partial charge in [-0.25, -0.2) is 0 Å².